The first kappa shape index (κ1) is 27.3. The van der Waals surface area contributed by atoms with E-state index in [9.17, 15) is 19.2 Å². The summed E-state index contributed by atoms with van der Waals surface area (Å²) in [6.07, 6.45) is -0.522. The quantitative estimate of drug-likeness (QED) is 0.354. The molecule has 0 spiro atoms. The molecule has 0 heterocycles. The number of hydrazine groups is 2. The molecule has 0 radical (unpaired) electrons. The highest BCUT2D eigenvalue weighted by Crippen LogP contribution is 2.28. The zero-order valence-corrected chi connectivity index (χ0v) is 20.3. The van der Waals surface area contributed by atoms with E-state index in [0.717, 1.165) is 0 Å². The highest BCUT2D eigenvalue weighted by molar-refractivity contribution is 6.36. The zero-order valence-electron chi connectivity index (χ0n) is 17.3. The molecule has 14 heteroatoms. The molecule has 10 nitrogen and oxygen atoms in total. The number of hydrogen-bond acceptors (Lipinski definition) is 6. The molecule has 2 aromatic rings. The largest absolute Gasteiger partial charge is 0.482 e. The molecular weight excluding hydrogens is 534 g/mol. The summed E-state index contributed by atoms with van der Waals surface area (Å²) < 4.78 is 10.4. The zero-order chi connectivity index (χ0) is 25.1. The van der Waals surface area contributed by atoms with E-state index in [1.807, 2.05) is 0 Å². The molecule has 34 heavy (non-hydrogen) atoms. The highest BCUT2D eigenvalue weighted by Gasteiger charge is 2.11. The lowest BCUT2D eigenvalue weighted by Crippen LogP contribution is -2.45. The molecule has 2 rings (SSSR count). The van der Waals surface area contributed by atoms with E-state index in [2.05, 4.69) is 21.7 Å². The van der Waals surface area contributed by atoms with Gasteiger partial charge >= 0.3 is 0 Å². The van der Waals surface area contributed by atoms with E-state index in [0.29, 0.717) is 10.0 Å². The maximum Gasteiger partial charge on any atom is 0.276 e. The molecule has 0 aliphatic rings. The van der Waals surface area contributed by atoms with E-state index < -0.39 is 36.8 Å². The van der Waals surface area contributed by atoms with Crippen molar-refractivity contribution in [2.75, 3.05) is 13.2 Å². The van der Waals surface area contributed by atoms with E-state index in [1.54, 1.807) is 0 Å². The molecule has 0 aliphatic heterocycles. The SMILES string of the molecule is O=C(CCC(=O)NNC(=O)COc1ccc(Cl)cc1Cl)NNC(=O)COc1ccc(Cl)cc1Cl. The third-order valence-corrected chi connectivity index (χ3v) is 4.83. The Kier molecular flexibility index (Phi) is 11.0. The van der Waals surface area contributed by atoms with Crippen LogP contribution < -0.4 is 31.2 Å². The lowest BCUT2D eigenvalue weighted by molar-refractivity contribution is -0.132. The van der Waals surface area contributed by atoms with Crippen LogP contribution in [-0.4, -0.2) is 36.8 Å². The molecule has 0 saturated heterocycles. The van der Waals surface area contributed by atoms with Gasteiger partial charge in [0.05, 0.1) is 10.0 Å². The molecule has 0 atom stereocenters. The second-order valence-corrected chi connectivity index (χ2v) is 8.11. The second kappa shape index (κ2) is 13.7. The Bertz CT molecular complexity index is 986. The topological polar surface area (TPSA) is 135 Å². The predicted octanol–water partition coefficient (Wildman–Crippen LogP) is 2.83. The van der Waals surface area contributed by atoms with Crippen molar-refractivity contribution in [3.05, 3.63) is 56.5 Å². The van der Waals surface area contributed by atoms with Gasteiger partial charge in [-0.3, -0.25) is 40.9 Å². The van der Waals surface area contributed by atoms with Gasteiger partial charge in [-0.15, -0.1) is 0 Å². The first-order chi connectivity index (χ1) is 16.1. The maximum absolute atomic E-state index is 11.8. The molecule has 0 fully saturated rings. The number of amides is 4. The fourth-order valence-corrected chi connectivity index (χ4v) is 3.10. The van der Waals surface area contributed by atoms with Crippen LogP contribution in [0.1, 0.15) is 12.8 Å². The molecule has 0 aromatic heterocycles. The number of halogens is 4. The molecule has 0 saturated carbocycles. The van der Waals surface area contributed by atoms with Crippen LogP contribution in [0.15, 0.2) is 36.4 Å². The summed E-state index contributed by atoms with van der Waals surface area (Å²) in [6.45, 7) is -0.838. The average molecular weight is 552 g/mol. The maximum atomic E-state index is 11.8. The Morgan fingerprint density at radius 2 is 0.941 bits per heavy atom. The van der Waals surface area contributed by atoms with Crippen molar-refractivity contribution < 1.29 is 28.7 Å². The molecule has 0 unspecified atom stereocenters. The van der Waals surface area contributed by atoms with Gasteiger partial charge in [-0.1, -0.05) is 46.4 Å². The van der Waals surface area contributed by atoms with Crippen molar-refractivity contribution in [1.29, 1.82) is 0 Å². The van der Waals surface area contributed by atoms with Crippen LogP contribution in [0, 0.1) is 0 Å². The van der Waals surface area contributed by atoms with Gasteiger partial charge in [0.25, 0.3) is 11.8 Å². The summed E-state index contributed by atoms with van der Waals surface area (Å²) in [7, 11) is 0. The number of benzene rings is 2. The Hall–Kier alpha value is -2.92. The van der Waals surface area contributed by atoms with Gasteiger partial charge in [-0.05, 0) is 36.4 Å². The highest BCUT2D eigenvalue weighted by atomic mass is 35.5. The van der Waals surface area contributed by atoms with Crippen LogP contribution in [0.3, 0.4) is 0 Å². The van der Waals surface area contributed by atoms with Crippen molar-refractivity contribution in [2.24, 2.45) is 0 Å². The molecule has 4 amide bonds. The Balaban J connectivity index is 1.58. The summed E-state index contributed by atoms with van der Waals surface area (Å²) >= 11 is 23.4. The Morgan fingerprint density at radius 1 is 0.588 bits per heavy atom. The standard InChI is InChI=1S/C20H18Cl4N4O6/c21-11-1-3-15(13(23)7-11)33-9-19(31)27-25-17(29)5-6-18(30)26-28-20(32)10-34-16-4-2-12(22)8-14(16)24/h1-4,7-8H,5-6,9-10H2,(H,25,29)(H,26,30)(H,27,31)(H,28,32). The minimum atomic E-state index is -0.656. The first-order valence-electron chi connectivity index (χ1n) is 9.45. The van der Waals surface area contributed by atoms with Crippen LogP contribution >= 0.6 is 46.4 Å². The number of carbonyl (C=O) groups excluding carboxylic acids is 4. The van der Waals surface area contributed by atoms with Crippen molar-refractivity contribution in [3.8, 4) is 11.5 Å². The summed E-state index contributed by atoms with van der Waals surface area (Å²) in [4.78, 5) is 47.0. The van der Waals surface area contributed by atoms with Gasteiger partial charge < -0.3 is 9.47 Å². The van der Waals surface area contributed by atoms with Crippen molar-refractivity contribution in [3.63, 3.8) is 0 Å². The van der Waals surface area contributed by atoms with E-state index >= 15 is 0 Å². The average Bonchev–Trinajstić information content (AvgIpc) is 2.78. The Morgan fingerprint density at radius 3 is 1.29 bits per heavy atom. The van der Waals surface area contributed by atoms with E-state index in [4.69, 9.17) is 55.9 Å². The van der Waals surface area contributed by atoms with Crippen molar-refractivity contribution in [1.82, 2.24) is 21.7 Å². The lowest BCUT2D eigenvalue weighted by atomic mass is 10.3. The van der Waals surface area contributed by atoms with Gasteiger partial charge in [-0.2, -0.15) is 0 Å². The third kappa shape index (κ3) is 9.92. The molecule has 0 aliphatic carbocycles. The Labute approximate surface area is 214 Å². The van der Waals surface area contributed by atoms with Gasteiger partial charge in [0.2, 0.25) is 11.8 Å². The van der Waals surface area contributed by atoms with Gasteiger partial charge in [0, 0.05) is 22.9 Å². The molecular formula is C20H18Cl4N4O6. The van der Waals surface area contributed by atoms with E-state index in [-0.39, 0.29) is 34.4 Å². The molecule has 2 aromatic carbocycles. The van der Waals surface area contributed by atoms with E-state index in [1.165, 1.54) is 36.4 Å². The van der Waals surface area contributed by atoms with Crippen LogP contribution in [0.25, 0.3) is 0 Å². The number of hydrogen-bond donors (Lipinski definition) is 4. The van der Waals surface area contributed by atoms with Crippen LogP contribution in [0.2, 0.25) is 20.1 Å². The van der Waals surface area contributed by atoms with Gasteiger partial charge in [0.15, 0.2) is 13.2 Å². The first-order valence-corrected chi connectivity index (χ1v) is 11.0. The van der Waals surface area contributed by atoms with Gasteiger partial charge in [0.1, 0.15) is 11.5 Å². The summed E-state index contributed by atoms with van der Waals surface area (Å²) in [5.41, 5.74) is 8.51. The number of carbonyl (C=O) groups is 4. The predicted molar refractivity (Wildman–Crippen MR) is 126 cm³/mol. The van der Waals surface area contributed by atoms with Gasteiger partial charge in [-0.25, -0.2) is 0 Å². The lowest BCUT2D eigenvalue weighted by Gasteiger charge is -2.11. The van der Waals surface area contributed by atoms with Crippen molar-refractivity contribution >= 4 is 70.0 Å². The summed E-state index contributed by atoms with van der Waals surface area (Å²) in [5.74, 6) is -2.10. The molecule has 0 bridgehead atoms. The summed E-state index contributed by atoms with van der Waals surface area (Å²) in [5, 5.41) is 1.27. The fraction of sp³-hybridized carbons (Fsp3) is 0.200. The number of rotatable bonds is 9. The van der Waals surface area contributed by atoms with Crippen LogP contribution in [0.4, 0.5) is 0 Å². The second-order valence-electron chi connectivity index (χ2n) is 6.42. The number of ether oxygens (including phenoxy) is 2. The normalized spacial score (nSPS) is 10.1. The van der Waals surface area contributed by atoms with Crippen LogP contribution in [-0.2, 0) is 19.2 Å². The van der Waals surface area contributed by atoms with Crippen LogP contribution in [0.5, 0.6) is 11.5 Å². The fourth-order valence-electron chi connectivity index (χ4n) is 2.17. The molecule has 4 N–H and O–H groups in total. The van der Waals surface area contributed by atoms with Crippen molar-refractivity contribution in [2.45, 2.75) is 12.8 Å². The minimum Gasteiger partial charge on any atom is -0.482 e. The third-order valence-electron chi connectivity index (χ3n) is 3.77. The monoisotopic (exact) mass is 550 g/mol. The summed E-state index contributed by atoms with van der Waals surface area (Å²) in [6, 6.07) is 8.97. The smallest absolute Gasteiger partial charge is 0.276 e. The number of nitrogens with one attached hydrogen (secondary N) is 4. The molecule has 182 valence electrons. The minimum absolute atomic E-state index is 0.225.